The Hall–Kier alpha value is -3.46. The number of piperazine rings is 1. The van der Waals surface area contributed by atoms with E-state index in [0.29, 0.717) is 49.8 Å². The molecular weight excluding hydrogens is 470 g/mol. The molecule has 3 aliphatic heterocycles. The van der Waals surface area contributed by atoms with Crippen molar-refractivity contribution in [2.24, 2.45) is 0 Å². The standard InChI is InChI=1S/C28H33N5O4/c34-25-23-11-6-12-29-26(23)37-18-22-17-31(27(35)19-7-2-1-3-8-19)13-14-32(22)28(36)24-15-20(30-25)16-33(24)21-9-4-5-10-21/h1-3,6-8,11-12,20-22,24H,4-5,9-10,13-18H2,(H,30,34)/t20-,22+,24+/m1/s1. The second kappa shape index (κ2) is 10.1. The molecule has 9 heteroatoms. The number of amides is 3. The van der Waals surface area contributed by atoms with Crippen molar-refractivity contribution in [1.29, 1.82) is 0 Å². The smallest absolute Gasteiger partial charge is 0.257 e. The molecule has 6 rings (SSSR count). The highest BCUT2D eigenvalue weighted by Crippen LogP contribution is 2.32. The fourth-order valence-corrected chi connectivity index (χ4v) is 6.39. The van der Waals surface area contributed by atoms with Crippen molar-refractivity contribution in [3.05, 3.63) is 59.8 Å². The van der Waals surface area contributed by atoms with Crippen molar-refractivity contribution < 1.29 is 19.1 Å². The van der Waals surface area contributed by atoms with Crippen molar-refractivity contribution in [2.45, 2.75) is 56.3 Å². The number of pyridine rings is 1. The van der Waals surface area contributed by atoms with Gasteiger partial charge in [-0.25, -0.2) is 4.98 Å². The molecule has 2 aromatic rings. The van der Waals surface area contributed by atoms with Crippen LogP contribution >= 0.6 is 0 Å². The van der Waals surface area contributed by atoms with Crippen LogP contribution in [0.25, 0.3) is 0 Å². The van der Waals surface area contributed by atoms with Crippen molar-refractivity contribution in [3.63, 3.8) is 0 Å². The first-order valence-electron chi connectivity index (χ1n) is 13.4. The van der Waals surface area contributed by atoms with Gasteiger partial charge in [-0.05, 0) is 43.5 Å². The van der Waals surface area contributed by atoms with E-state index in [1.54, 1.807) is 23.2 Å². The summed E-state index contributed by atoms with van der Waals surface area (Å²) in [4.78, 5) is 50.9. The normalized spacial score (nSPS) is 27.0. The number of likely N-dealkylation sites (tertiary alicyclic amines) is 1. The summed E-state index contributed by atoms with van der Waals surface area (Å²) < 4.78 is 6.08. The van der Waals surface area contributed by atoms with Gasteiger partial charge in [0.2, 0.25) is 11.8 Å². The Morgan fingerprint density at radius 3 is 2.59 bits per heavy atom. The van der Waals surface area contributed by atoms with Crippen LogP contribution in [0.3, 0.4) is 0 Å². The van der Waals surface area contributed by atoms with Gasteiger partial charge < -0.3 is 19.9 Å². The summed E-state index contributed by atoms with van der Waals surface area (Å²) in [5, 5.41) is 3.14. The second-order valence-corrected chi connectivity index (χ2v) is 10.5. The molecule has 3 amide bonds. The molecular formula is C28H33N5O4. The van der Waals surface area contributed by atoms with E-state index in [0.717, 1.165) is 12.8 Å². The van der Waals surface area contributed by atoms with Crippen LogP contribution in [0.15, 0.2) is 48.7 Å². The van der Waals surface area contributed by atoms with Crippen molar-refractivity contribution in [2.75, 3.05) is 32.8 Å². The van der Waals surface area contributed by atoms with Gasteiger partial charge in [0.25, 0.3) is 11.8 Å². The van der Waals surface area contributed by atoms with E-state index >= 15 is 0 Å². The van der Waals surface area contributed by atoms with E-state index in [9.17, 15) is 14.4 Å². The zero-order chi connectivity index (χ0) is 25.4. The molecule has 2 saturated heterocycles. The molecule has 4 heterocycles. The number of fused-ring (bicyclic) bond motifs is 4. The number of carbonyl (C=O) groups excluding carboxylic acids is 3. The number of nitrogens with one attached hydrogen (secondary N) is 1. The van der Waals surface area contributed by atoms with Crippen LogP contribution in [0.1, 0.15) is 52.8 Å². The molecule has 0 spiro atoms. The summed E-state index contributed by atoms with van der Waals surface area (Å²) in [5.41, 5.74) is 1.02. The fourth-order valence-electron chi connectivity index (χ4n) is 6.39. The largest absolute Gasteiger partial charge is 0.475 e. The number of ether oxygens (including phenoxy) is 1. The van der Waals surface area contributed by atoms with Gasteiger partial charge in [0.1, 0.15) is 12.2 Å². The lowest BCUT2D eigenvalue weighted by Crippen LogP contribution is -2.61. The summed E-state index contributed by atoms with van der Waals surface area (Å²) >= 11 is 0. The molecule has 1 saturated carbocycles. The highest BCUT2D eigenvalue weighted by molar-refractivity contribution is 5.97. The van der Waals surface area contributed by atoms with Gasteiger partial charge in [0.15, 0.2) is 0 Å². The summed E-state index contributed by atoms with van der Waals surface area (Å²) in [6, 6.07) is 12.3. The summed E-state index contributed by atoms with van der Waals surface area (Å²) in [7, 11) is 0. The Balaban J connectivity index is 1.32. The van der Waals surface area contributed by atoms with E-state index in [1.165, 1.54) is 12.8 Å². The molecule has 37 heavy (non-hydrogen) atoms. The molecule has 3 atom stereocenters. The van der Waals surface area contributed by atoms with Crippen molar-refractivity contribution in [3.8, 4) is 5.88 Å². The molecule has 2 bridgehead atoms. The molecule has 4 aliphatic rings. The van der Waals surface area contributed by atoms with Crippen LogP contribution in [-0.2, 0) is 4.79 Å². The molecule has 1 N–H and O–H groups in total. The number of aromatic nitrogens is 1. The number of hydrogen-bond acceptors (Lipinski definition) is 6. The molecule has 1 aromatic carbocycles. The first kappa shape index (κ1) is 23.9. The fraction of sp³-hybridized carbons (Fsp3) is 0.500. The van der Waals surface area contributed by atoms with Crippen LogP contribution in [0.5, 0.6) is 5.88 Å². The first-order valence-corrected chi connectivity index (χ1v) is 13.4. The zero-order valence-corrected chi connectivity index (χ0v) is 20.9. The lowest BCUT2D eigenvalue weighted by atomic mass is 10.0. The summed E-state index contributed by atoms with van der Waals surface area (Å²) in [5.74, 6) is 0.0484. The Morgan fingerprint density at radius 2 is 1.78 bits per heavy atom. The SMILES string of the molecule is O=C1N[C@@H]2C[C@@H](C(=O)N3CCN(C(=O)c4ccccc4)C[C@H]3COc3ncccc31)N(C1CCCC1)C2. The number of carbonyl (C=O) groups is 3. The van der Waals surface area contributed by atoms with Gasteiger partial charge in [0.05, 0.1) is 12.1 Å². The van der Waals surface area contributed by atoms with E-state index in [2.05, 4.69) is 15.2 Å². The third-order valence-corrected chi connectivity index (χ3v) is 8.26. The third kappa shape index (κ3) is 4.68. The van der Waals surface area contributed by atoms with Gasteiger partial charge in [-0.1, -0.05) is 31.0 Å². The number of benzene rings is 1. The first-order chi connectivity index (χ1) is 18.1. The highest BCUT2D eigenvalue weighted by Gasteiger charge is 2.46. The molecule has 194 valence electrons. The van der Waals surface area contributed by atoms with E-state index < -0.39 is 0 Å². The van der Waals surface area contributed by atoms with Gasteiger partial charge in [0, 0.05) is 50.0 Å². The lowest BCUT2D eigenvalue weighted by Gasteiger charge is -2.43. The van der Waals surface area contributed by atoms with Crippen LogP contribution < -0.4 is 10.1 Å². The average molecular weight is 504 g/mol. The maximum atomic E-state index is 14.1. The maximum Gasteiger partial charge on any atom is 0.257 e. The van der Waals surface area contributed by atoms with Gasteiger partial charge in [-0.2, -0.15) is 0 Å². The monoisotopic (exact) mass is 503 g/mol. The predicted molar refractivity (Wildman–Crippen MR) is 136 cm³/mol. The van der Waals surface area contributed by atoms with E-state index in [1.807, 2.05) is 35.2 Å². The van der Waals surface area contributed by atoms with Crippen LogP contribution in [0.2, 0.25) is 0 Å². The van der Waals surface area contributed by atoms with Crippen LogP contribution in [-0.4, -0.2) is 94.4 Å². The second-order valence-electron chi connectivity index (χ2n) is 10.5. The molecule has 9 nitrogen and oxygen atoms in total. The minimum Gasteiger partial charge on any atom is -0.475 e. The number of nitrogens with zero attached hydrogens (tertiary/aromatic N) is 4. The zero-order valence-electron chi connectivity index (χ0n) is 20.9. The molecule has 0 radical (unpaired) electrons. The van der Waals surface area contributed by atoms with Gasteiger partial charge in [-0.3, -0.25) is 19.3 Å². The average Bonchev–Trinajstić information content (AvgIpc) is 3.61. The highest BCUT2D eigenvalue weighted by atomic mass is 16.5. The van der Waals surface area contributed by atoms with Crippen molar-refractivity contribution in [1.82, 2.24) is 25.0 Å². The Morgan fingerprint density at radius 1 is 0.973 bits per heavy atom. The molecule has 3 fully saturated rings. The Bertz CT molecular complexity index is 1170. The summed E-state index contributed by atoms with van der Waals surface area (Å²) in [6.07, 6.45) is 6.71. The predicted octanol–water partition coefficient (Wildman–Crippen LogP) is 1.94. The maximum absolute atomic E-state index is 14.1. The number of hydrogen-bond donors (Lipinski definition) is 1. The summed E-state index contributed by atoms with van der Waals surface area (Å²) in [6.45, 7) is 2.11. The lowest BCUT2D eigenvalue weighted by molar-refractivity contribution is -0.142. The quantitative estimate of drug-likeness (QED) is 0.673. The van der Waals surface area contributed by atoms with Crippen LogP contribution in [0, 0.1) is 0 Å². The topological polar surface area (TPSA) is 95.1 Å². The number of rotatable bonds is 2. The Kier molecular flexibility index (Phi) is 6.54. The molecule has 1 aromatic heterocycles. The van der Waals surface area contributed by atoms with E-state index in [-0.39, 0.29) is 48.3 Å². The minimum atomic E-state index is -0.337. The minimum absolute atomic E-state index is 0.0507. The van der Waals surface area contributed by atoms with Crippen molar-refractivity contribution >= 4 is 17.7 Å². The Labute approximate surface area is 216 Å². The molecule has 1 aliphatic carbocycles. The van der Waals surface area contributed by atoms with Crippen LogP contribution in [0.4, 0.5) is 0 Å². The van der Waals surface area contributed by atoms with Gasteiger partial charge >= 0.3 is 0 Å². The van der Waals surface area contributed by atoms with Gasteiger partial charge in [-0.15, -0.1) is 0 Å². The molecule has 0 unspecified atom stereocenters. The van der Waals surface area contributed by atoms with E-state index in [4.69, 9.17) is 4.74 Å². The third-order valence-electron chi connectivity index (χ3n) is 8.26.